The number of hydrogen-bond acceptors (Lipinski definition) is 6. The topological polar surface area (TPSA) is 114 Å². The molecule has 0 saturated carbocycles. The van der Waals surface area contributed by atoms with Crippen molar-refractivity contribution in [2.75, 3.05) is 45.3 Å². The number of carbonyl (C=O) groups excluding carboxylic acids is 2. The average molecular weight is 436 g/mol. The minimum Gasteiger partial charge on any atom is -0.497 e. The van der Waals surface area contributed by atoms with Crippen molar-refractivity contribution in [3.05, 3.63) is 54.1 Å². The third kappa shape index (κ3) is 5.94. The maximum absolute atomic E-state index is 13.0. The molecule has 0 heterocycles. The molecule has 0 aliphatic rings. The Bertz CT molecular complexity index is 976. The Balaban J connectivity index is 2.10. The second-order valence-electron chi connectivity index (χ2n) is 6.22. The van der Waals surface area contributed by atoms with Crippen molar-refractivity contribution >= 4 is 27.5 Å². The first kappa shape index (κ1) is 23.2. The molecule has 0 aliphatic heterocycles. The summed E-state index contributed by atoms with van der Waals surface area (Å²) >= 11 is 0. The Kier molecular flexibility index (Phi) is 8.19. The van der Waals surface area contributed by atoms with Gasteiger partial charge in [0.2, 0.25) is 5.91 Å². The Hall–Kier alpha value is -3.11. The third-order valence-corrected chi connectivity index (χ3v) is 6.01. The third-order valence-electron chi connectivity index (χ3n) is 4.23. The number of carbonyl (C=O) groups is 2. The summed E-state index contributed by atoms with van der Waals surface area (Å²) < 4.78 is 36.9. The summed E-state index contributed by atoms with van der Waals surface area (Å²) in [6.45, 7) is 0.462. The second-order valence-corrected chi connectivity index (χ2v) is 8.19. The number of hydrogen-bond donors (Lipinski definition) is 2. The van der Waals surface area contributed by atoms with Crippen molar-refractivity contribution in [3.63, 3.8) is 0 Å². The highest BCUT2D eigenvalue weighted by atomic mass is 32.2. The molecule has 2 N–H and O–H groups in total. The largest absolute Gasteiger partial charge is 0.497 e. The van der Waals surface area contributed by atoms with Crippen LogP contribution in [0, 0.1) is 0 Å². The summed E-state index contributed by atoms with van der Waals surface area (Å²) in [6.07, 6.45) is 0. The van der Waals surface area contributed by atoms with Crippen LogP contribution in [0.3, 0.4) is 0 Å². The van der Waals surface area contributed by atoms with Crippen molar-refractivity contribution in [2.45, 2.75) is 4.90 Å². The molecule has 0 atom stereocenters. The van der Waals surface area contributed by atoms with Crippen LogP contribution < -0.4 is 19.7 Å². The molecule has 30 heavy (non-hydrogen) atoms. The molecule has 10 heteroatoms. The van der Waals surface area contributed by atoms with E-state index in [-0.39, 0.29) is 22.9 Å². The number of rotatable bonds is 10. The van der Waals surface area contributed by atoms with Gasteiger partial charge in [-0.15, -0.1) is 0 Å². The van der Waals surface area contributed by atoms with E-state index in [2.05, 4.69) is 10.6 Å². The lowest BCUT2D eigenvalue weighted by Crippen LogP contribution is -2.38. The zero-order valence-electron chi connectivity index (χ0n) is 17.0. The van der Waals surface area contributed by atoms with Gasteiger partial charge in [-0.25, -0.2) is 8.42 Å². The highest BCUT2D eigenvalue weighted by Gasteiger charge is 2.22. The zero-order chi connectivity index (χ0) is 22.1. The van der Waals surface area contributed by atoms with Crippen LogP contribution in [0.25, 0.3) is 0 Å². The number of methoxy groups -OCH3 is 2. The maximum atomic E-state index is 13.0. The van der Waals surface area contributed by atoms with Crippen molar-refractivity contribution in [1.29, 1.82) is 0 Å². The number of nitrogens with zero attached hydrogens (tertiary/aromatic N) is 1. The van der Waals surface area contributed by atoms with Crippen LogP contribution >= 0.6 is 0 Å². The summed E-state index contributed by atoms with van der Waals surface area (Å²) in [4.78, 5) is 24.0. The molecule has 2 amide bonds. The first-order valence-corrected chi connectivity index (χ1v) is 10.5. The van der Waals surface area contributed by atoms with Crippen LogP contribution in [0.5, 0.6) is 5.75 Å². The number of benzene rings is 2. The van der Waals surface area contributed by atoms with E-state index in [4.69, 9.17) is 9.47 Å². The monoisotopic (exact) mass is 435 g/mol. The van der Waals surface area contributed by atoms with Gasteiger partial charge in [0.25, 0.3) is 15.9 Å². The van der Waals surface area contributed by atoms with E-state index in [9.17, 15) is 18.0 Å². The fraction of sp³-hybridized carbons (Fsp3) is 0.300. The quantitative estimate of drug-likeness (QED) is 0.539. The van der Waals surface area contributed by atoms with E-state index in [0.29, 0.717) is 24.6 Å². The number of ether oxygens (including phenoxy) is 2. The summed E-state index contributed by atoms with van der Waals surface area (Å²) in [5.41, 5.74) is 0.572. The molecule has 2 aromatic rings. The lowest BCUT2D eigenvalue weighted by molar-refractivity contribution is -0.120. The van der Waals surface area contributed by atoms with Gasteiger partial charge in [0.1, 0.15) is 5.75 Å². The fourth-order valence-corrected chi connectivity index (χ4v) is 3.75. The van der Waals surface area contributed by atoms with Gasteiger partial charge in [-0.3, -0.25) is 13.9 Å². The first-order chi connectivity index (χ1) is 14.3. The Morgan fingerprint density at radius 2 is 1.73 bits per heavy atom. The van der Waals surface area contributed by atoms with E-state index >= 15 is 0 Å². The van der Waals surface area contributed by atoms with Crippen LogP contribution in [0.1, 0.15) is 10.4 Å². The molecule has 0 aliphatic carbocycles. The second kappa shape index (κ2) is 10.6. The van der Waals surface area contributed by atoms with Gasteiger partial charge in [0, 0.05) is 26.3 Å². The average Bonchev–Trinajstić information content (AvgIpc) is 2.77. The van der Waals surface area contributed by atoms with E-state index in [1.807, 2.05) is 0 Å². The van der Waals surface area contributed by atoms with Crippen molar-refractivity contribution in [3.8, 4) is 5.75 Å². The predicted molar refractivity (Wildman–Crippen MR) is 112 cm³/mol. The predicted octanol–water partition coefficient (Wildman–Crippen LogP) is 1.01. The molecule has 0 bridgehead atoms. The van der Waals surface area contributed by atoms with Gasteiger partial charge in [-0.05, 0) is 42.5 Å². The molecule has 9 nitrogen and oxygen atoms in total. The Morgan fingerprint density at radius 1 is 1.03 bits per heavy atom. The lowest BCUT2D eigenvalue weighted by Gasteiger charge is -2.20. The van der Waals surface area contributed by atoms with Gasteiger partial charge in [-0.2, -0.15) is 0 Å². The minimum absolute atomic E-state index is 0.0435. The molecule has 2 aromatic carbocycles. The first-order valence-electron chi connectivity index (χ1n) is 9.06. The van der Waals surface area contributed by atoms with Gasteiger partial charge >= 0.3 is 0 Å². The molecule has 0 spiro atoms. The summed E-state index contributed by atoms with van der Waals surface area (Å²) in [5, 5.41) is 5.04. The van der Waals surface area contributed by atoms with Crippen molar-refractivity contribution in [1.82, 2.24) is 10.6 Å². The van der Waals surface area contributed by atoms with E-state index < -0.39 is 15.9 Å². The highest BCUT2D eigenvalue weighted by Crippen LogP contribution is 2.24. The van der Waals surface area contributed by atoms with Crippen molar-refractivity contribution < 1.29 is 27.5 Å². The van der Waals surface area contributed by atoms with E-state index in [0.717, 1.165) is 4.31 Å². The van der Waals surface area contributed by atoms with Gasteiger partial charge in [0.15, 0.2) is 0 Å². The smallest absolute Gasteiger partial charge is 0.264 e. The number of amides is 2. The van der Waals surface area contributed by atoms with Crippen LogP contribution in [-0.2, 0) is 19.6 Å². The Labute approximate surface area is 176 Å². The van der Waals surface area contributed by atoms with Crippen LogP contribution in [0.2, 0.25) is 0 Å². The molecule has 0 unspecified atom stereocenters. The van der Waals surface area contributed by atoms with Gasteiger partial charge < -0.3 is 20.1 Å². The molecular weight excluding hydrogens is 410 g/mol. The summed E-state index contributed by atoms with van der Waals surface area (Å²) in [7, 11) is 0.568. The number of nitrogens with one attached hydrogen (secondary N) is 2. The summed E-state index contributed by atoms with van der Waals surface area (Å²) in [5.74, 6) is -0.320. The van der Waals surface area contributed by atoms with Crippen LogP contribution in [-0.4, -0.2) is 61.2 Å². The van der Waals surface area contributed by atoms with Crippen LogP contribution in [0.4, 0.5) is 5.69 Å². The molecule has 0 aromatic heterocycles. The van der Waals surface area contributed by atoms with Gasteiger partial charge in [0.05, 0.1) is 30.8 Å². The lowest BCUT2D eigenvalue weighted by atomic mass is 10.2. The molecule has 0 fully saturated rings. The molecular formula is C20H25N3O6S. The number of sulfonamides is 1. The van der Waals surface area contributed by atoms with Crippen molar-refractivity contribution in [2.24, 2.45) is 0 Å². The van der Waals surface area contributed by atoms with E-state index in [1.54, 1.807) is 24.3 Å². The SMILES string of the molecule is COCCNC(=O)CNC(=O)c1cccc(S(=O)(=O)N(C)c2ccc(OC)cc2)c1. The van der Waals surface area contributed by atoms with Gasteiger partial charge in [-0.1, -0.05) is 6.07 Å². The maximum Gasteiger partial charge on any atom is 0.264 e. The fourth-order valence-electron chi connectivity index (χ4n) is 2.50. The molecule has 162 valence electrons. The molecule has 0 radical (unpaired) electrons. The molecule has 2 rings (SSSR count). The number of anilines is 1. The molecule has 0 saturated heterocycles. The summed E-state index contributed by atoms with van der Waals surface area (Å²) in [6, 6.07) is 12.2. The normalized spacial score (nSPS) is 10.9. The Morgan fingerprint density at radius 3 is 2.37 bits per heavy atom. The zero-order valence-corrected chi connectivity index (χ0v) is 17.9. The minimum atomic E-state index is -3.89. The van der Waals surface area contributed by atoms with Crippen LogP contribution in [0.15, 0.2) is 53.4 Å². The standard InChI is InChI=1S/C20H25N3O6S/c1-23(16-7-9-17(29-3)10-8-16)30(26,27)18-6-4-5-15(13-18)20(25)22-14-19(24)21-11-12-28-2/h4-10,13H,11-12,14H2,1-3H3,(H,21,24)(H,22,25). The highest BCUT2D eigenvalue weighted by molar-refractivity contribution is 7.92. The van der Waals surface area contributed by atoms with E-state index in [1.165, 1.54) is 45.5 Å².